The van der Waals surface area contributed by atoms with Gasteiger partial charge in [0.1, 0.15) is 35.1 Å². The van der Waals surface area contributed by atoms with Crippen molar-refractivity contribution in [3.8, 4) is 11.5 Å². The quantitative estimate of drug-likeness (QED) is 0.107. The normalized spacial score (nSPS) is 17.6. The predicted octanol–water partition coefficient (Wildman–Crippen LogP) is 6.85. The van der Waals surface area contributed by atoms with Crippen molar-refractivity contribution in [1.82, 2.24) is 9.80 Å². The van der Waals surface area contributed by atoms with Crippen molar-refractivity contribution in [2.45, 2.75) is 79.1 Å². The van der Waals surface area contributed by atoms with Gasteiger partial charge in [0.05, 0.1) is 51.9 Å². The molecule has 0 aliphatic carbocycles. The van der Waals surface area contributed by atoms with Gasteiger partial charge in [-0.15, -0.1) is 0 Å². The summed E-state index contributed by atoms with van der Waals surface area (Å²) in [6.07, 6.45) is -0.995. The molecule has 2 saturated heterocycles. The summed E-state index contributed by atoms with van der Waals surface area (Å²) in [5, 5.41) is 8.94. The number of rotatable bonds is 12. The molecule has 2 amide bonds. The number of esters is 3. The highest BCUT2D eigenvalue weighted by molar-refractivity contribution is 5.92. The number of nitrogen functional groups attached to an aromatic ring is 1. The lowest BCUT2D eigenvalue weighted by Gasteiger charge is -2.24. The molecule has 5 rings (SSSR count). The van der Waals surface area contributed by atoms with Crippen LogP contribution in [0.15, 0.2) is 66.7 Å². The highest BCUT2D eigenvalue weighted by atomic mass is 16.6. The van der Waals surface area contributed by atoms with Crippen molar-refractivity contribution in [3.63, 3.8) is 0 Å². The summed E-state index contributed by atoms with van der Waals surface area (Å²) in [6, 6.07) is 18.8. The SMILES string of the molecule is CC1CN(C(=O)OC(C)(C)C)CC1C(=O)O.COC(=O)c1cc(CC(=O)C2CN(C(=O)OC(C)(C)C)CC2CC(=O)OCc2ccccc2)cc(OC)c1.COC(=O)c1cc(N)cc(OC)c1. The van der Waals surface area contributed by atoms with Gasteiger partial charge in [-0.3, -0.25) is 14.4 Å². The third kappa shape index (κ3) is 17.8. The molecule has 0 aromatic heterocycles. The molecule has 18 nitrogen and oxygen atoms in total. The molecule has 2 aliphatic rings. The second-order valence-corrected chi connectivity index (χ2v) is 18.1. The zero-order chi connectivity index (χ0) is 50.2. The zero-order valence-electron chi connectivity index (χ0n) is 40.2. The summed E-state index contributed by atoms with van der Waals surface area (Å²) >= 11 is 0. The molecule has 2 fully saturated rings. The maximum Gasteiger partial charge on any atom is 0.410 e. The third-order valence-corrected chi connectivity index (χ3v) is 10.3. The third-order valence-electron chi connectivity index (χ3n) is 10.3. The minimum Gasteiger partial charge on any atom is -0.497 e. The van der Waals surface area contributed by atoms with Crippen LogP contribution in [-0.4, -0.2) is 123 Å². The molecule has 4 atom stereocenters. The monoisotopic (exact) mass is 935 g/mol. The van der Waals surface area contributed by atoms with E-state index in [9.17, 15) is 33.6 Å². The Morgan fingerprint density at radius 1 is 0.657 bits per heavy atom. The maximum absolute atomic E-state index is 13.5. The number of anilines is 1. The van der Waals surface area contributed by atoms with E-state index in [1.165, 1.54) is 50.4 Å². The van der Waals surface area contributed by atoms with E-state index < -0.39 is 65.0 Å². The van der Waals surface area contributed by atoms with Crippen LogP contribution in [0.2, 0.25) is 0 Å². The molecular weight excluding hydrogens is 871 g/mol. The molecule has 0 radical (unpaired) electrons. The lowest BCUT2D eigenvalue weighted by molar-refractivity contribution is -0.146. The van der Waals surface area contributed by atoms with Crippen LogP contribution >= 0.6 is 0 Å². The fourth-order valence-corrected chi connectivity index (χ4v) is 7.12. The molecule has 2 heterocycles. The minimum absolute atomic E-state index is 0.0103. The summed E-state index contributed by atoms with van der Waals surface area (Å²) in [7, 11) is 5.57. The number of benzene rings is 3. The van der Waals surface area contributed by atoms with Gasteiger partial charge in [-0.1, -0.05) is 37.3 Å². The Balaban J connectivity index is 0.000000334. The largest absolute Gasteiger partial charge is 0.497 e. The van der Waals surface area contributed by atoms with Crippen molar-refractivity contribution >= 4 is 47.5 Å². The number of nitrogens with two attached hydrogens (primary N) is 1. The number of amides is 2. The van der Waals surface area contributed by atoms with Gasteiger partial charge in [-0.2, -0.15) is 0 Å². The summed E-state index contributed by atoms with van der Waals surface area (Å²) in [4.78, 5) is 87.7. The first-order valence-corrected chi connectivity index (χ1v) is 21.6. The Morgan fingerprint density at radius 2 is 1.16 bits per heavy atom. The van der Waals surface area contributed by atoms with Crippen molar-refractivity contribution in [1.29, 1.82) is 0 Å². The van der Waals surface area contributed by atoms with E-state index in [4.69, 9.17) is 39.3 Å². The van der Waals surface area contributed by atoms with Crippen LogP contribution in [0, 0.1) is 23.7 Å². The molecule has 0 bridgehead atoms. The average Bonchev–Trinajstić information content (AvgIpc) is 3.88. The highest BCUT2D eigenvalue weighted by Gasteiger charge is 2.42. The zero-order valence-corrected chi connectivity index (χ0v) is 40.2. The summed E-state index contributed by atoms with van der Waals surface area (Å²) in [5.74, 6) is -3.03. The number of hydrogen-bond acceptors (Lipinski definition) is 15. The number of aliphatic carboxylic acids is 1. The highest BCUT2D eigenvalue weighted by Crippen LogP contribution is 2.31. The molecule has 3 aromatic carbocycles. The van der Waals surface area contributed by atoms with Crippen LogP contribution in [0.5, 0.6) is 11.5 Å². The molecule has 3 N–H and O–H groups in total. The van der Waals surface area contributed by atoms with Gasteiger partial charge in [0.2, 0.25) is 0 Å². The molecule has 18 heteroatoms. The number of Topliss-reactive ketones (excluding diaryl/α,β-unsaturated/α-hetero) is 1. The number of likely N-dealkylation sites (tertiary alicyclic amines) is 2. The van der Waals surface area contributed by atoms with Gasteiger partial charge < -0.3 is 53.8 Å². The number of carboxylic acid groups (broad SMARTS) is 1. The van der Waals surface area contributed by atoms with Crippen LogP contribution in [-0.2, 0) is 51.1 Å². The number of ether oxygens (including phenoxy) is 7. The Bertz CT molecular complexity index is 2200. The molecular formula is C49H65N3O15. The summed E-state index contributed by atoms with van der Waals surface area (Å²) in [6.45, 7) is 13.6. The summed E-state index contributed by atoms with van der Waals surface area (Å²) < 4.78 is 35.7. The smallest absolute Gasteiger partial charge is 0.410 e. The number of nitrogens with zero attached hydrogens (tertiary/aromatic N) is 2. The van der Waals surface area contributed by atoms with Gasteiger partial charge in [0.25, 0.3) is 0 Å². The Kier molecular flexibility index (Phi) is 20.0. The van der Waals surface area contributed by atoms with Gasteiger partial charge in [0.15, 0.2) is 0 Å². The lowest BCUT2D eigenvalue weighted by atomic mass is 9.86. The van der Waals surface area contributed by atoms with Gasteiger partial charge in [-0.25, -0.2) is 19.2 Å². The molecule has 0 saturated carbocycles. The number of carbonyl (C=O) groups is 7. The first-order chi connectivity index (χ1) is 31.4. The van der Waals surface area contributed by atoms with Crippen LogP contribution in [0.4, 0.5) is 15.3 Å². The van der Waals surface area contributed by atoms with Crippen LogP contribution < -0.4 is 15.2 Å². The second kappa shape index (κ2) is 24.6. The first kappa shape index (κ1) is 54.5. The van der Waals surface area contributed by atoms with Crippen molar-refractivity contribution < 1.29 is 71.8 Å². The van der Waals surface area contributed by atoms with E-state index in [1.807, 2.05) is 37.3 Å². The number of carboxylic acids is 1. The minimum atomic E-state index is -0.849. The van der Waals surface area contributed by atoms with E-state index in [1.54, 1.807) is 65.8 Å². The van der Waals surface area contributed by atoms with Gasteiger partial charge >= 0.3 is 36.1 Å². The number of methoxy groups -OCH3 is 4. The van der Waals surface area contributed by atoms with Crippen molar-refractivity contribution in [3.05, 3.63) is 89.0 Å². The van der Waals surface area contributed by atoms with E-state index in [0.29, 0.717) is 34.9 Å². The first-order valence-electron chi connectivity index (χ1n) is 21.6. The van der Waals surface area contributed by atoms with Crippen molar-refractivity contribution in [2.24, 2.45) is 23.7 Å². The second-order valence-electron chi connectivity index (χ2n) is 18.1. The number of hydrogen-bond donors (Lipinski definition) is 2. The molecule has 67 heavy (non-hydrogen) atoms. The molecule has 3 aromatic rings. The van der Waals surface area contributed by atoms with Gasteiger partial charge in [0, 0.05) is 50.3 Å². The van der Waals surface area contributed by atoms with Gasteiger partial charge in [-0.05, 0) is 94.8 Å². The molecule has 4 unspecified atom stereocenters. The Labute approximate surface area is 391 Å². The maximum atomic E-state index is 13.5. The van der Waals surface area contributed by atoms with Crippen LogP contribution in [0.1, 0.15) is 86.7 Å². The topological polar surface area (TPSA) is 237 Å². The number of carbonyl (C=O) groups excluding carboxylic acids is 6. The van der Waals surface area contributed by atoms with E-state index in [-0.39, 0.29) is 56.3 Å². The summed E-state index contributed by atoms with van der Waals surface area (Å²) in [5.41, 5.74) is 6.84. The lowest BCUT2D eigenvalue weighted by Crippen LogP contribution is -2.36. The van der Waals surface area contributed by atoms with E-state index >= 15 is 0 Å². The number of ketones is 1. The molecule has 366 valence electrons. The predicted molar refractivity (Wildman–Crippen MR) is 246 cm³/mol. The fraction of sp³-hybridized carbons (Fsp3) is 0.490. The average molecular weight is 936 g/mol. The molecule has 0 spiro atoms. The van der Waals surface area contributed by atoms with Crippen LogP contribution in [0.3, 0.4) is 0 Å². The Hall–Kier alpha value is -6.85. The van der Waals surface area contributed by atoms with Crippen LogP contribution in [0.25, 0.3) is 0 Å². The van der Waals surface area contributed by atoms with E-state index in [0.717, 1.165) is 5.56 Å². The van der Waals surface area contributed by atoms with E-state index in [2.05, 4.69) is 4.74 Å². The van der Waals surface area contributed by atoms with Crippen molar-refractivity contribution in [2.75, 3.05) is 60.4 Å². The fourth-order valence-electron chi connectivity index (χ4n) is 7.12. The molecule has 2 aliphatic heterocycles. The standard InChI is InChI=1S/C29H35NO8.C11H19NO4.C9H11NO3/c1-29(2,3)38-28(34)30-16-22(15-26(32)37-18-19-9-7-6-8-10-19)24(17-30)25(31)13-20-11-21(27(33)36-5)14-23(12-20)35-4;1-7-5-12(6-8(7)9(13)14)10(15)16-11(2,3)4;1-12-8-4-6(9(11)13-2)3-7(10)5-8/h6-12,14,22,24H,13,15-18H2,1-5H3;7-8H,5-6H2,1-4H3,(H,13,14);3-5H,10H2,1-2H3. The Morgan fingerprint density at radius 3 is 1.66 bits per heavy atom.